The van der Waals surface area contributed by atoms with Gasteiger partial charge in [-0.2, -0.15) is 0 Å². The van der Waals surface area contributed by atoms with Crippen LogP contribution in [0.15, 0.2) is 29.6 Å². The number of piperazine rings is 1. The maximum atomic E-state index is 12.8. The first-order chi connectivity index (χ1) is 12.2. The molecule has 1 unspecified atom stereocenters. The number of aromatic nitrogens is 1. The Morgan fingerprint density at radius 2 is 2.15 bits per heavy atom. The van der Waals surface area contributed by atoms with Crippen LogP contribution in [0, 0.1) is 6.92 Å². The minimum atomic E-state index is 0. The van der Waals surface area contributed by atoms with Gasteiger partial charge in [-0.15, -0.1) is 36.2 Å². The van der Waals surface area contributed by atoms with Crippen LogP contribution >= 0.6 is 36.2 Å². The number of methoxy groups -OCH3 is 1. The van der Waals surface area contributed by atoms with E-state index < -0.39 is 0 Å². The van der Waals surface area contributed by atoms with Crippen molar-refractivity contribution in [2.24, 2.45) is 0 Å². The van der Waals surface area contributed by atoms with Crippen LogP contribution in [-0.2, 0) is 11.2 Å². The number of para-hydroxylation sites is 1. The average Bonchev–Trinajstić information content (AvgIpc) is 3.06. The van der Waals surface area contributed by atoms with Gasteiger partial charge in [-0.05, 0) is 25.8 Å². The number of ether oxygens (including phenoxy) is 1. The first-order valence-corrected chi connectivity index (χ1v) is 9.61. The second-order valence-electron chi connectivity index (χ2n) is 6.26. The molecular weight excluding hydrogens is 405 g/mol. The first-order valence-electron chi connectivity index (χ1n) is 8.73. The molecule has 1 saturated heterocycles. The van der Waals surface area contributed by atoms with E-state index in [1.54, 1.807) is 18.4 Å². The van der Waals surface area contributed by atoms with Gasteiger partial charge in [0.2, 0.25) is 5.91 Å². The van der Waals surface area contributed by atoms with Gasteiger partial charge in [-0.25, -0.2) is 4.98 Å². The average molecular weight is 432 g/mol. The number of benzene rings is 1. The van der Waals surface area contributed by atoms with Crippen LogP contribution in [0.4, 0.5) is 0 Å². The molecule has 0 bridgehead atoms. The van der Waals surface area contributed by atoms with Gasteiger partial charge in [-0.1, -0.05) is 18.2 Å². The molecule has 0 spiro atoms. The molecule has 1 aromatic heterocycles. The summed E-state index contributed by atoms with van der Waals surface area (Å²) in [6, 6.07) is 7.99. The number of aryl methyl sites for hydroxylation is 2. The molecule has 1 aliphatic heterocycles. The first kappa shape index (κ1) is 23.7. The third kappa shape index (κ3) is 6.07. The third-order valence-electron chi connectivity index (χ3n) is 4.55. The van der Waals surface area contributed by atoms with E-state index in [9.17, 15) is 4.79 Å². The van der Waals surface area contributed by atoms with E-state index in [1.165, 1.54) is 0 Å². The number of halogens is 2. The van der Waals surface area contributed by atoms with Gasteiger partial charge < -0.3 is 15.0 Å². The summed E-state index contributed by atoms with van der Waals surface area (Å²) in [5.41, 5.74) is 2.16. The van der Waals surface area contributed by atoms with Gasteiger partial charge in [-0.3, -0.25) is 4.79 Å². The van der Waals surface area contributed by atoms with E-state index >= 15 is 0 Å². The van der Waals surface area contributed by atoms with Gasteiger partial charge in [0.05, 0.1) is 23.9 Å². The Morgan fingerprint density at radius 1 is 1.37 bits per heavy atom. The molecule has 1 fully saturated rings. The quantitative estimate of drug-likeness (QED) is 0.755. The standard InChI is InChI=1S/C19H25N3O2S.2ClH/c1-14-21-15(13-25-14)6-5-9-19(23)22-11-10-20-12-17(22)16-7-3-4-8-18(16)24-2;;/h3-4,7-8,13,17,20H,5-6,9-12H2,1-2H3;2*1H. The van der Waals surface area contributed by atoms with Crippen molar-refractivity contribution in [3.8, 4) is 5.75 Å². The normalized spacial score (nSPS) is 16.2. The van der Waals surface area contributed by atoms with E-state index in [2.05, 4.69) is 21.7 Å². The Labute approximate surface area is 177 Å². The lowest BCUT2D eigenvalue weighted by atomic mass is 10.0. The fourth-order valence-electron chi connectivity index (χ4n) is 3.31. The van der Waals surface area contributed by atoms with E-state index in [0.717, 1.165) is 54.5 Å². The highest BCUT2D eigenvalue weighted by atomic mass is 35.5. The number of nitrogens with zero attached hydrogens (tertiary/aromatic N) is 2. The summed E-state index contributed by atoms with van der Waals surface area (Å²) in [6.45, 7) is 4.34. The summed E-state index contributed by atoms with van der Waals surface area (Å²) in [7, 11) is 1.68. The highest BCUT2D eigenvalue weighted by molar-refractivity contribution is 7.09. The number of hydrogen-bond donors (Lipinski definition) is 1. The van der Waals surface area contributed by atoms with Crippen LogP contribution in [0.3, 0.4) is 0 Å². The molecular formula is C19H27Cl2N3O2S. The molecule has 5 nitrogen and oxygen atoms in total. The van der Waals surface area contributed by atoms with Crippen LogP contribution in [0.2, 0.25) is 0 Å². The summed E-state index contributed by atoms with van der Waals surface area (Å²) < 4.78 is 5.50. The van der Waals surface area contributed by atoms with E-state index in [-0.39, 0.29) is 36.8 Å². The van der Waals surface area contributed by atoms with Crippen molar-refractivity contribution >= 4 is 42.1 Å². The number of carbonyl (C=O) groups is 1. The summed E-state index contributed by atoms with van der Waals surface area (Å²) in [5.74, 6) is 1.05. The van der Waals surface area contributed by atoms with Gasteiger partial charge in [0.1, 0.15) is 5.75 Å². The van der Waals surface area contributed by atoms with Crippen molar-refractivity contribution in [2.45, 2.75) is 32.2 Å². The Hall–Kier alpha value is -1.34. The monoisotopic (exact) mass is 431 g/mol. The Kier molecular flexibility index (Phi) is 10.1. The zero-order valence-electron chi connectivity index (χ0n) is 15.6. The zero-order chi connectivity index (χ0) is 17.6. The molecule has 1 amide bonds. The maximum absolute atomic E-state index is 12.8. The molecule has 3 rings (SSSR count). The van der Waals surface area contributed by atoms with E-state index in [1.807, 2.05) is 30.0 Å². The van der Waals surface area contributed by atoms with Gasteiger partial charge >= 0.3 is 0 Å². The molecule has 1 aromatic carbocycles. The third-order valence-corrected chi connectivity index (χ3v) is 5.37. The van der Waals surface area contributed by atoms with Crippen molar-refractivity contribution in [2.75, 3.05) is 26.7 Å². The smallest absolute Gasteiger partial charge is 0.223 e. The van der Waals surface area contributed by atoms with Gasteiger partial charge in [0, 0.05) is 37.0 Å². The Morgan fingerprint density at radius 3 is 2.85 bits per heavy atom. The number of rotatable bonds is 6. The number of nitrogens with one attached hydrogen (secondary N) is 1. The van der Waals surface area contributed by atoms with Crippen LogP contribution in [0.25, 0.3) is 0 Å². The molecule has 2 aromatic rings. The highest BCUT2D eigenvalue weighted by Crippen LogP contribution is 2.30. The molecule has 0 radical (unpaired) electrons. The Balaban J connectivity index is 0.00000182. The number of thiazole rings is 1. The molecule has 1 N–H and O–H groups in total. The lowest BCUT2D eigenvalue weighted by molar-refractivity contribution is -0.134. The minimum Gasteiger partial charge on any atom is -0.496 e. The molecule has 0 aliphatic carbocycles. The molecule has 0 saturated carbocycles. The van der Waals surface area contributed by atoms with Crippen molar-refractivity contribution in [1.29, 1.82) is 0 Å². The van der Waals surface area contributed by atoms with Crippen LogP contribution in [-0.4, -0.2) is 42.5 Å². The van der Waals surface area contributed by atoms with Gasteiger partial charge in [0.25, 0.3) is 0 Å². The fraction of sp³-hybridized carbons (Fsp3) is 0.474. The minimum absolute atomic E-state index is 0. The summed E-state index contributed by atoms with van der Waals surface area (Å²) in [4.78, 5) is 19.3. The summed E-state index contributed by atoms with van der Waals surface area (Å²) in [6.07, 6.45) is 2.26. The molecule has 27 heavy (non-hydrogen) atoms. The number of amides is 1. The SMILES string of the molecule is COc1ccccc1C1CNCCN1C(=O)CCCc1csc(C)n1.Cl.Cl. The predicted octanol–water partition coefficient (Wildman–Crippen LogP) is 3.80. The second kappa shape index (κ2) is 11.5. The topological polar surface area (TPSA) is 54.5 Å². The maximum Gasteiger partial charge on any atom is 0.223 e. The molecule has 1 aliphatic rings. The fourth-order valence-corrected chi connectivity index (χ4v) is 3.96. The van der Waals surface area contributed by atoms with Crippen LogP contribution < -0.4 is 10.1 Å². The van der Waals surface area contributed by atoms with Crippen LogP contribution in [0.1, 0.15) is 35.1 Å². The summed E-state index contributed by atoms with van der Waals surface area (Å²) in [5, 5.41) is 6.56. The Bertz CT molecular complexity index is 726. The molecule has 1 atom stereocenters. The summed E-state index contributed by atoms with van der Waals surface area (Å²) >= 11 is 1.66. The van der Waals surface area contributed by atoms with Crippen molar-refractivity contribution in [3.63, 3.8) is 0 Å². The number of hydrogen-bond acceptors (Lipinski definition) is 5. The van der Waals surface area contributed by atoms with Crippen molar-refractivity contribution in [1.82, 2.24) is 15.2 Å². The highest BCUT2D eigenvalue weighted by Gasteiger charge is 2.29. The molecule has 2 heterocycles. The largest absolute Gasteiger partial charge is 0.496 e. The zero-order valence-corrected chi connectivity index (χ0v) is 18.1. The van der Waals surface area contributed by atoms with Crippen LogP contribution in [0.5, 0.6) is 5.75 Å². The molecule has 8 heteroatoms. The van der Waals surface area contributed by atoms with Gasteiger partial charge in [0.15, 0.2) is 0 Å². The number of carbonyl (C=O) groups excluding carboxylic acids is 1. The predicted molar refractivity (Wildman–Crippen MR) is 115 cm³/mol. The lowest BCUT2D eigenvalue weighted by Crippen LogP contribution is -2.48. The molecule has 150 valence electrons. The van der Waals surface area contributed by atoms with E-state index in [4.69, 9.17) is 4.74 Å². The second-order valence-corrected chi connectivity index (χ2v) is 7.32. The van der Waals surface area contributed by atoms with Crippen molar-refractivity contribution in [3.05, 3.63) is 45.9 Å². The lowest BCUT2D eigenvalue weighted by Gasteiger charge is -2.37. The van der Waals surface area contributed by atoms with E-state index in [0.29, 0.717) is 6.42 Å². The van der Waals surface area contributed by atoms with Crippen molar-refractivity contribution < 1.29 is 9.53 Å².